The van der Waals surface area contributed by atoms with E-state index < -0.39 is 0 Å². The molecular formula is C9H7N3O. The van der Waals surface area contributed by atoms with Crippen molar-refractivity contribution in [2.45, 2.75) is 0 Å². The number of fused-ring (bicyclic) bond motifs is 1. The standard InChI is InChI=1S/C9H7N3O/c1-3-6-4-7-8(10-5-6)11-9(13)12(7)2/h1,4-5H,2H3,(H,10,11,13). The first-order valence-corrected chi connectivity index (χ1v) is 3.74. The van der Waals surface area contributed by atoms with Crippen molar-refractivity contribution in [2.24, 2.45) is 7.05 Å². The number of terminal acetylenes is 1. The monoisotopic (exact) mass is 173 g/mol. The lowest BCUT2D eigenvalue weighted by molar-refractivity contribution is 0.891. The number of nitrogens with zero attached hydrogens (tertiary/aromatic N) is 2. The van der Waals surface area contributed by atoms with E-state index in [1.807, 2.05) is 0 Å². The van der Waals surface area contributed by atoms with Crippen LogP contribution in [0.1, 0.15) is 5.56 Å². The van der Waals surface area contributed by atoms with Crippen LogP contribution < -0.4 is 5.69 Å². The first kappa shape index (κ1) is 7.62. The fourth-order valence-electron chi connectivity index (χ4n) is 1.18. The SMILES string of the molecule is C#Cc1cnc2[nH]c(=O)n(C)c2c1. The van der Waals surface area contributed by atoms with E-state index in [1.54, 1.807) is 19.3 Å². The predicted octanol–water partition coefficient (Wildman–Crippen LogP) is 0.243. The summed E-state index contributed by atoms with van der Waals surface area (Å²) in [5.41, 5.74) is 1.77. The molecule has 0 aliphatic rings. The molecule has 0 bridgehead atoms. The minimum Gasteiger partial charge on any atom is -0.294 e. The Morgan fingerprint density at radius 1 is 1.69 bits per heavy atom. The van der Waals surface area contributed by atoms with Gasteiger partial charge in [-0.25, -0.2) is 9.78 Å². The Bertz CT molecular complexity index is 556. The topological polar surface area (TPSA) is 50.7 Å². The third-order valence-electron chi connectivity index (χ3n) is 1.93. The van der Waals surface area contributed by atoms with E-state index >= 15 is 0 Å². The number of imidazole rings is 1. The van der Waals surface area contributed by atoms with Gasteiger partial charge >= 0.3 is 5.69 Å². The summed E-state index contributed by atoms with van der Waals surface area (Å²) in [6.07, 6.45) is 6.76. The van der Waals surface area contributed by atoms with Gasteiger partial charge in [0.25, 0.3) is 0 Å². The van der Waals surface area contributed by atoms with Gasteiger partial charge in [-0.1, -0.05) is 5.92 Å². The normalized spacial score (nSPS) is 10.2. The third-order valence-corrected chi connectivity index (χ3v) is 1.93. The van der Waals surface area contributed by atoms with Crippen molar-refractivity contribution >= 4 is 11.2 Å². The van der Waals surface area contributed by atoms with Gasteiger partial charge in [0.05, 0.1) is 5.52 Å². The molecule has 0 spiro atoms. The Hall–Kier alpha value is -2.02. The fourth-order valence-corrected chi connectivity index (χ4v) is 1.18. The molecule has 1 N–H and O–H groups in total. The molecule has 0 aromatic carbocycles. The number of hydrogen-bond acceptors (Lipinski definition) is 2. The van der Waals surface area contributed by atoms with Crippen LogP contribution in [0, 0.1) is 12.3 Å². The Balaban J connectivity index is 2.92. The molecule has 13 heavy (non-hydrogen) atoms. The van der Waals surface area contributed by atoms with E-state index in [0.29, 0.717) is 11.2 Å². The lowest BCUT2D eigenvalue weighted by Crippen LogP contribution is -2.11. The van der Waals surface area contributed by atoms with Crippen LogP contribution in [-0.4, -0.2) is 14.5 Å². The summed E-state index contributed by atoms with van der Waals surface area (Å²) in [5.74, 6) is 2.46. The van der Waals surface area contributed by atoms with Crippen LogP contribution in [0.5, 0.6) is 0 Å². The van der Waals surface area contributed by atoms with Crippen molar-refractivity contribution in [3.05, 3.63) is 28.3 Å². The van der Waals surface area contributed by atoms with Crippen LogP contribution >= 0.6 is 0 Å². The molecule has 2 aromatic rings. The molecule has 0 radical (unpaired) electrons. The maximum atomic E-state index is 11.2. The van der Waals surface area contributed by atoms with Gasteiger partial charge in [-0.3, -0.25) is 9.55 Å². The quantitative estimate of drug-likeness (QED) is 0.580. The Labute approximate surface area is 74.2 Å². The average molecular weight is 173 g/mol. The summed E-state index contributed by atoms with van der Waals surface area (Å²) in [7, 11) is 1.67. The molecular weight excluding hydrogens is 166 g/mol. The van der Waals surface area contributed by atoms with E-state index in [9.17, 15) is 4.79 Å². The van der Waals surface area contributed by atoms with Gasteiger partial charge in [-0.05, 0) is 6.07 Å². The van der Waals surface area contributed by atoms with Crippen LogP contribution in [0.2, 0.25) is 0 Å². The van der Waals surface area contributed by atoms with Crippen molar-refractivity contribution < 1.29 is 0 Å². The summed E-state index contributed by atoms with van der Waals surface area (Å²) in [4.78, 5) is 17.8. The number of aromatic nitrogens is 3. The molecule has 0 atom stereocenters. The lowest BCUT2D eigenvalue weighted by Gasteiger charge is -1.92. The summed E-state index contributed by atoms with van der Waals surface area (Å²) in [6, 6.07) is 1.75. The highest BCUT2D eigenvalue weighted by Gasteiger charge is 2.03. The Morgan fingerprint density at radius 2 is 2.46 bits per heavy atom. The first-order chi connectivity index (χ1) is 6.22. The van der Waals surface area contributed by atoms with Crippen molar-refractivity contribution in [2.75, 3.05) is 0 Å². The lowest BCUT2D eigenvalue weighted by atomic mass is 10.3. The molecule has 0 saturated heterocycles. The zero-order chi connectivity index (χ0) is 9.42. The second-order valence-electron chi connectivity index (χ2n) is 2.73. The molecule has 0 saturated carbocycles. The largest absolute Gasteiger partial charge is 0.327 e. The van der Waals surface area contributed by atoms with Crippen molar-refractivity contribution in [1.82, 2.24) is 14.5 Å². The number of nitrogens with one attached hydrogen (secondary N) is 1. The van der Waals surface area contributed by atoms with Crippen LogP contribution in [0.25, 0.3) is 11.2 Å². The van der Waals surface area contributed by atoms with Gasteiger partial charge in [-0.15, -0.1) is 6.42 Å². The average Bonchev–Trinajstić information content (AvgIpc) is 2.43. The van der Waals surface area contributed by atoms with Gasteiger partial charge in [0, 0.05) is 18.8 Å². The number of aryl methyl sites for hydroxylation is 1. The molecule has 2 aromatic heterocycles. The van der Waals surface area contributed by atoms with Crippen LogP contribution in [0.15, 0.2) is 17.1 Å². The number of hydrogen-bond donors (Lipinski definition) is 1. The highest BCUT2D eigenvalue weighted by atomic mass is 16.1. The molecule has 0 aliphatic heterocycles. The van der Waals surface area contributed by atoms with Gasteiger partial charge < -0.3 is 0 Å². The highest BCUT2D eigenvalue weighted by molar-refractivity contribution is 5.72. The second-order valence-corrected chi connectivity index (χ2v) is 2.73. The van der Waals surface area contributed by atoms with Gasteiger partial charge in [0.1, 0.15) is 0 Å². The van der Waals surface area contributed by atoms with Gasteiger partial charge in [0.15, 0.2) is 5.65 Å². The fraction of sp³-hybridized carbons (Fsp3) is 0.111. The maximum Gasteiger partial charge on any atom is 0.327 e. The number of pyridine rings is 1. The van der Waals surface area contributed by atoms with E-state index in [4.69, 9.17) is 6.42 Å². The predicted molar refractivity (Wildman–Crippen MR) is 49.3 cm³/mol. The van der Waals surface area contributed by atoms with E-state index in [1.165, 1.54) is 4.57 Å². The summed E-state index contributed by atoms with van der Waals surface area (Å²) < 4.78 is 1.48. The Kier molecular flexibility index (Phi) is 1.46. The second kappa shape index (κ2) is 2.49. The molecule has 0 aliphatic carbocycles. The zero-order valence-electron chi connectivity index (χ0n) is 7.03. The van der Waals surface area contributed by atoms with E-state index in [-0.39, 0.29) is 5.69 Å². The van der Waals surface area contributed by atoms with Gasteiger partial charge in [0.2, 0.25) is 0 Å². The smallest absolute Gasteiger partial charge is 0.294 e. The maximum absolute atomic E-state index is 11.2. The molecule has 0 unspecified atom stereocenters. The number of aromatic amines is 1. The van der Waals surface area contributed by atoms with E-state index in [2.05, 4.69) is 15.9 Å². The summed E-state index contributed by atoms with van der Waals surface area (Å²) in [5, 5.41) is 0. The van der Waals surface area contributed by atoms with Gasteiger partial charge in [-0.2, -0.15) is 0 Å². The molecule has 0 fully saturated rings. The molecule has 4 heteroatoms. The molecule has 4 nitrogen and oxygen atoms in total. The Morgan fingerprint density at radius 3 is 3.15 bits per heavy atom. The summed E-state index contributed by atoms with van der Waals surface area (Å²) >= 11 is 0. The molecule has 2 heterocycles. The van der Waals surface area contributed by atoms with Crippen molar-refractivity contribution in [1.29, 1.82) is 0 Å². The van der Waals surface area contributed by atoms with Crippen molar-refractivity contribution in [3.63, 3.8) is 0 Å². The first-order valence-electron chi connectivity index (χ1n) is 3.74. The van der Waals surface area contributed by atoms with Crippen molar-refractivity contribution in [3.8, 4) is 12.3 Å². The summed E-state index contributed by atoms with van der Waals surface area (Å²) in [6.45, 7) is 0. The molecule has 64 valence electrons. The van der Waals surface area contributed by atoms with E-state index in [0.717, 1.165) is 5.52 Å². The number of rotatable bonds is 0. The molecule has 2 rings (SSSR count). The minimum absolute atomic E-state index is 0.184. The third kappa shape index (κ3) is 1.02. The zero-order valence-corrected chi connectivity index (χ0v) is 7.03. The number of H-pyrrole nitrogens is 1. The highest BCUT2D eigenvalue weighted by Crippen LogP contribution is 2.07. The molecule has 0 amide bonds. The van der Waals surface area contributed by atoms with Crippen LogP contribution in [0.3, 0.4) is 0 Å². The van der Waals surface area contributed by atoms with Crippen LogP contribution in [0.4, 0.5) is 0 Å². The van der Waals surface area contributed by atoms with Crippen LogP contribution in [-0.2, 0) is 7.05 Å². The minimum atomic E-state index is -0.184.